The molecule has 0 aliphatic carbocycles. The van der Waals surface area contributed by atoms with E-state index < -0.39 is 0 Å². The highest BCUT2D eigenvalue weighted by atomic mass is 16.1. The molecule has 0 radical (unpaired) electrons. The highest BCUT2D eigenvalue weighted by Crippen LogP contribution is 2.19. The van der Waals surface area contributed by atoms with Crippen molar-refractivity contribution < 1.29 is 4.79 Å². The van der Waals surface area contributed by atoms with Gasteiger partial charge in [-0.3, -0.25) is 4.79 Å². The maximum absolute atomic E-state index is 10.7. The van der Waals surface area contributed by atoms with Crippen LogP contribution >= 0.6 is 0 Å². The van der Waals surface area contributed by atoms with E-state index in [-0.39, 0.29) is 5.91 Å². The molecule has 0 saturated carbocycles. The van der Waals surface area contributed by atoms with Crippen molar-refractivity contribution in [2.24, 2.45) is 17.8 Å². The van der Waals surface area contributed by atoms with Crippen molar-refractivity contribution in [3.8, 4) is 0 Å². The van der Waals surface area contributed by atoms with E-state index in [9.17, 15) is 4.79 Å². The molecule has 0 heterocycles. The maximum Gasteiger partial charge on any atom is 0.216 e. The number of hydrogen-bond donors (Lipinski definition) is 1. The molecule has 2 heteroatoms. The van der Waals surface area contributed by atoms with Gasteiger partial charge in [-0.05, 0) is 17.8 Å². The van der Waals surface area contributed by atoms with Crippen molar-refractivity contribution in [3.05, 3.63) is 0 Å². The van der Waals surface area contributed by atoms with Gasteiger partial charge in [0, 0.05) is 13.5 Å². The van der Waals surface area contributed by atoms with Gasteiger partial charge in [0.2, 0.25) is 5.91 Å². The Labute approximate surface area is 75.7 Å². The number of carbonyl (C=O) groups excluding carboxylic acids is 1. The van der Waals surface area contributed by atoms with Gasteiger partial charge < -0.3 is 5.32 Å². The number of carbonyl (C=O) groups is 1. The Kier molecular flexibility index (Phi) is 4.95. The number of hydrogen-bond acceptors (Lipinski definition) is 1. The van der Waals surface area contributed by atoms with E-state index in [4.69, 9.17) is 0 Å². The summed E-state index contributed by atoms with van der Waals surface area (Å²) in [5.74, 6) is 1.93. The van der Waals surface area contributed by atoms with Gasteiger partial charge in [0.15, 0.2) is 0 Å². The summed E-state index contributed by atoms with van der Waals surface area (Å²) in [6, 6.07) is 0. The molecule has 0 aromatic heterocycles. The van der Waals surface area contributed by atoms with Gasteiger partial charge in [0.1, 0.15) is 0 Å². The van der Waals surface area contributed by atoms with E-state index in [0.29, 0.717) is 17.8 Å². The van der Waals surface area contributed by atoms with Gasteiger partial charge in [-0.15, -0.1) is 0 Å². The molecule has 0 aromatic carbocycles. The van der Waals surface area contributed by atoms with Gasteiger partial charge in [0.05, 0.1) is 0 Å². The van der Waals surface area contributed by atoms with Crippen molar-refractivity contribution in [3.63, 3.8) is 0 Å². The smallest absolute Gasteiger partial charge is 0.216 e. The van der Waals surface area contributed by atoms with Crippen LogP contribution in [0.3, 0.4) is 0 Å². The van der Waals surface area contributed by atoms with Crippen LogP contribution in [0.25, 0.3) is 0 Å². The molecular weight excluding hydrogens is 150 g/mol. The minimum atomic E-state index is 0.0706. The van der Waals surface area contributed by atoms with Crippen molar-refractivity contribution >= 4 is 5.91 Å². The normalized spacial score (nSPS) is 11.3. The quantitative estimate of drug-likeness (QED) is 0.689. The van der Waals surface area contributed by atoms with E-state index in [2.05, 4.69) is 33.0 Å². The summed E-state index contributed by atoms with van der Waals surface area (Å²) in [6.45, 7) is 11.2. The molecule has 72 valence electrons. The Hall–Kier alpha value is -0.530. The second kappa shape index (κ2) is 5.18. The largest absolute Gasteiger partial charge is 0.356 e. The van der Waals surface area contributed by atoms with E-state index in [1.54, 1.807) is 6.92 Å². The van der Waals surface area contributed by atoms with Gasteiger partial charge in [-0.1, -0.05) is 27.7 Å². The molecule has 0 bridgehead atoms. The van der Waals surface area contributed by atoms with Crippen LogP contribution in [0.2, 0.25) is 0 Å². The zero-order chi connectivity index (χ0) is 9.72. The third-order valence-corrected chi connectivity index (χ3v) is 2.30. The second-order valence-corrected chi connectivity index (χ2v) is 4.09. The minimum absolute atomic E-state index is 0.0706. The SMILES string of the molecule is CC(=O)NCC(C(C)C)C(C)C. The summed E-state index contributed by atoms with van der Waals surface area (Å²) in [4.78, 5) is 10.7. The van der Waals surface area contributed by atoms with Gasteiger partial charge in [-0.2, -0.15) is 0 Å². The molecule has 1 amide bonds. The Morgan fingerprint density at radius 3 is 1.83 bits per heavy atom. The average molecular weight is 171 g/mol. The first-order valence-electron chi connectivity index (χ1n) is 4.69. The molecule has 0 fully saturated rings. The molecule has 0 aromatic rings. The van der Waals surface area contributed by atoms with E-state index in [0.717, 1.165) is 6.54 Å². The Morgan fingerprint density at radius 1 is 1.17 bits per heavy atom. The van der Waals surface area contributed by atoms with Crippen LogP contribution in [0.1, 0.15) is 34.6 Å². The third-order valence-electron chi connectivity index (χ3n) is 2.30. The van der Waals surface area contributed by atoms with Crippen LogP contribution in [0.5, 0.6) is 0 Å². The zero-order valence-electron chi connectivity index (χ0n) is 8.85. The Bertz CT molecular complexity index is 133. The van der Waals surface area contributed by atoms with Crippen LogP contribution in [-0.4, -0.2) is 12.5 Å². The van der Waals surface area contributed by atoms with Crippen LogP contribution in [-0.2, 0) is 4.79 Å². The van der Waals surface area contributed by atoms with Gasteiger partial charge in [0.25, 0.3) is 0 Å². The molecule has 0 rings (SSSR count). The predicted octanol–water partition coefficient (Wildman–Crippen LogP) is 2.05. The van der Waals surface area contributed by atoms with Crippen molar-refractivity contribution in [1.29, 1.82) is 0 Å². The molecule has 0 unspecified atom stereocenters. The molecular formula is C10H21NO. The third kappa shape index (κ3) is 4.37. The summed E-state index contributed by atoms with van der Waals surface area (Å²) < 4.78 is 0. The lowest BCUT2D eigenvalue weighted by molar-refractivity contribution is -0.119. The lowest BCUT2D eigenvalue weighted by Gasteiger charge is -2.24. The molecule has 0 aliphatic heterocycles. The second-order valence-electron chi connectivity index (χ2n) is 4.09. The first-order valence-corrected chi connectivity index (χ1v) is 4.69. The fourth-order valence-corrected chi connectivity index (χ4v) is 1.50. The summed E-state index contributed by atoms with van der Waals surface area (Å²) in [5.41, 5.74) is 0. The van der Waals surface area contributed by atoms with Crippen molar-refractivity contribution in [2.75, 3.05) is 6.54 Å². The summed E-state index contributed by atoms with van der Waals surface area (Å²) >= 11 is 0. The topological polar surface area (TPSA) is 29.1 Å². The molecule has 0 saturated heterocycles. The first kappa shape index (κ1) is 11.5. The molecule has 12 heavy (non-hydrogen) atoms. The predicted molar refractivity (Wildman–Crippen MR) is 51.8 cm³/mol. The fourth-order valence-electron chi connectivity index (χ4n) is 1.50. The van der Waals surface area contributed by atoms with Crippen molar-refractivity contribution in [2.45, 2.75) is 34.6 Å². The zero-order valence-corrected chi connectivity index (χ0v) is 8.85. The van der Waals surface area contributed by atoms with Gasteiger partial charge in [-0.25, -0.2) is 0 Å². The van der Waals surface area contributed by atoms with E-state index >= 15 is 0 Å². The van der Waals surface area contributed by atoms with Crippen molar-refractivity contribution in [1.82, 2.24) is 5.32 Å². The highest BCUT2D eigenvalue weighted by Gasteiger charge is 2.16. The fraction of sp³-hybridized carbons (Fsp3) is 0.900. The molecule has 2 nitrogen and oxygen atoms in total. The summed E-state index contributed by atoms with van der Waals surface area (Å²) in [7, 11) is 0. The van der Waals surface area contributed by atoms with E-state index in [1.807, 2.05) is 0 Å². The average Bonchev–Trinajstić information content (AvgIpc) is 1.84. The van der Waals surface area contributed by atoms with Gasteiger partial charge >= 0.3 is 0 Å². The molecule has 1 N–H and O–H groups in total. The standard InChI is InChI=1S/C10H21NO/c1-7(2)10(8(3)4)6-11-9(5)12/h7-8,10H,6H2,1-5H3,(H,11,12). The summed E-state index contributed by atoms with van der Waals surface area (Å²) in [5, 5.41) is 2.87. The van der Waals surface area contributed by atoms with E-state index in [1.165, 1.54) is 0 Å². The number of rotatable bonds is 4. The monoisotopic (exact) mass is 171 g/mol. The minimum Gasteiger partial charge on any atom is -0.356 e. The number of amides is 1. The Balaban J connectivity index is 3.88. The van der Waals surface area contributed by atoms with Crippen LogP contribution in [0.4, 0.5) is 0 Å². The van der Waals surface area contributed by atoms with Crippen LogP contribution < -0.4 is 5.32 Å². The van der Waals surface area contributed by atoms with Crippen LogP contribution in [0, 0.1) is 17.8 Å². The summed E-state index contributed by atoms with van der Waals surface area (Å²) in [6.07, 6.45) is 0. The maximum atomic E-state index is 10.7. The molecule has 0 atom stereocenters. The highest BCUT2D eigenvalue weighted by molar-refractivity contribution is 5.72. The first-order chi connectivity index (χ1) is 5.45. The molecule has 0 spiro atoms. The Morgan fingerprint density at radius 2 is 1.58 bits per heavy atom. The van der Waals surface area contributed by atoms with Crippen LogP contribution in [0.15, 0.2) is 0 Å². The lowest BCUT2D eigenvalue weighted by atomic mass is 9.85. The lowest BCUT2D eigenvalue weighted by Crippen LogP contribution is -2.32. The molecule has 0 aliphatic rings. The number of nitrogens with one attached hydrogen (secondary N) is 1.